The molecule has 7 nitrogen and oxygen atoms in total. The number of nitrogens with zero attached hydrogens (tertiary/aromatic N) is 3. The standard InChI is InChI=1S/C19H17ClN4O3/c20-16-9-13(10-17-18(16)27-8-7-26-17)5-6-22-19(25)14-1-3-15(4-2-14)24-12-21-11-23-24/h1-4,9-12H,5-8H2,(H,22,25). The maximum atomic E-state index is 12.3. The molecule has 2 heterocycles. The van der Waals surface area contributed by atoms with E-state index in [1.165, 1.54) is 6.33 Å². The number of ether oxygens (including phenoxy) is 2. The van der Waals surface area contributed by atoms with Gasteiger partial charge in [-0.3, -0.25) is 4.79 Å². The van der Waals surface area contributed by atoms with Gasteiger partial charge < -0.3 is 14.8 Å². The molecule has 0 saturated heterocycles. The third-order valence-corrected chi connectivity index (χ3v) is 4.45. The Balaban J connectivity index is 1.35. The van der Waals surface area contributed by atoms with Crippen LogP contribution in [0.25, 0.3) is 5.69 Å². The van der Waals surface area contributed by atoms with Gasteiger partial charge in [0.05, 0.1) is 10.7 Å². The van der Waals surface area contributed by atoms with Gasteiger partial charge in [-0.05, 0) is 48.4 Å². The Morgan fingerprint density at radius 3 is 2.78 bits per heavy atom. The Bertz CT molecular complexity index is 942. The number of rotatable bonds is 5. The molecule has 0 atom stereocenters. The fraction of sp³-hybridized carbons (Fsp3) is 0.211. The van der Waals surface area contributed by atoms with E-state index in [1.807, 2.05) is 24.3 Å². The maximum Gasteiger partial charge on any atom is 0.251 e. The van der Waals surface area contributed by atoms with Crippen LogP contribution in [0, 0.1) is 0 Å². The average Bonchev–Trinajstić information content (AvgIpc) is 3.23. The van der Waals surface area contributed by atoms with Gasteiger partial charge in [-0.1, -0.05) is 11.6 Å². The summed E-state index contributed by atoms with van der Waals surface area (Å²) in [4.78, 5) is 16.2. The number of benzene rings is 2. The summed E-state index contributed by atoms with van der Waals surface area (Å²) in [6.07, 6.45) is 3.71. The van der Waals surface area contributed by atoms with Gasteiger partial charge in [-0.15, -0.1) is 0 Å². The monoisotopic (exact) mass is 384 g/mol. The van der Waals surface area contributed by atoms with Crippen LogP contribution in [-0.2, 0) is 6.42 Å². The summed E-state index contributed by atoms with van der Waals surface area (Å²) in [5.74, 6) is 1.10. The Kier molecular flexibility index (Phi) is 4.93. The van der Waals surface area contributed by atoms with Crippen LogP contribution in [-0.4, -0.2) is 40.4 Å². The average molecular weight is 385 g/mol. The van der Waals surface area contributed by atoms with E-state index in [0.717, 1.165) is 11.3 Å². The zero-order valence-electron chi connectivity index (χ0n) is 14.4. The number of nitrogens with one attached hydrogen (secondary N) is 1. The third kappa shape index (κ3) is 3.88. The summed E-state index contributed by atoms with van der Waals surface area (Å²) in [5.41, 5.74) is 2.40. The highest BCUT2D eigenvalue weighted by atomic mass is 35.5. The minimum absolute atomic E-state index is 0.135. The van der Waals surface area contributed by atoms with E-state index in [2.05, 4.69) is 15.4 Å². The second-order valence-corrected chi connectivity index (χ2v) is 6.40. The van der Waals surface area contributed by atoms with E-state index in [-0.39, 0.29) is 5.91 Å². The van der Waals surface area contributed by atoms with Gasteiger partial charge >= 0.3 is 0 Å². The molecule has 0 bridgehead atoms. The van der Waals surface area contributed by atoms with Crippen molar-refractivity contribution in [3.63, 3.8) is 0 Å². The van der Waals surface area contributed by atoms with Crippen molar-refractivity contribution in [3.05, 3.63) is 65.2 Å². The highest BCUT2D eigenvalue weighted by Gasteiger charge is 2.16. The SMILES string of the molecule is O=C(NCCc1cc(Cl)c2c(c1)OCCO2)c1ccc(-n2cncn2)cc1. The number of halogens is 1. The van der Waals surface area contributed by atoms with E-state index in [9.17, 15) is 4.79 Å². The van der Waals surface area contributed by atoms with Crippen LogP contribution >= 0.6 is 11.6 Å². The van der Waals surface area contributed by atoms with Crippen molar-refractivity contribution in [2.24, 2.45) is 0 Å². The lowest BCUT2D eigenvalue weighted by Crippen LogP contribution is -2.25. The molecule has 2 aromatic carbocycles. The Hall–Kier alpha value is -3.06. The summed E-state index contributed by atoms with van der Waals surface area (Å²) < 4.78 is 12.7. The van der Waals surface area contributed by atoms with E-state index >= 15 is 0 Å². The zero-order valence-corrected chi connectivity index (χ0v) is 15.1. The van der Waals surface area contributed by atoms with Crippen molar-refractivity contribution < 1.29 is 14.3 Å². The molecule has 0 spiro atoms. The fourth-order valence-electron chi connectivity index (χ4n) is 2.84. The van der Waals surface area contributed by atoms with Crippen LogP contribution in [0.5, 0.6) is 11.5 Å². The summed E-state index contributed by atoms with van der Waals surface area (Å²) in [5, 5.41) is 7.49. The number of amides is 1. The molecule has 4 rings (SSSR count). The van der Waals surface area contributed by atoms with Crippen molar-refractivity contribution >= 4 is 17.5 Å². The number of hydrogen-bond acceptors (Lipinski definition) is 5. The molecule has 0 unspecified atom stereocenters. The van der Waals surface area contributed by atoms with E-state index in [1.54, 1.807) is 23.1 Å². The van der Waals surface area contributed by atoms with Gasteiger partial charge in [-0.2, -0.15) is 5.10 Å². The largest absolute Gasteiger partial charge is 0.486 e. The van der Waals surface area contributed by atoms with Crippen molar-refractivity contribution in [2.45, 2.75) is 6.42 Å². The van der Waals surface area contributed by atoms with Gasteiger partial charge in [0.25, 0.3) is 5.91 Å². The van der Waals surface area contributed by atoms with Crippen molar-refractivity contribution in [3.8, 4) is 17.2 Å². The molecule has 27 heavy (non-hydrogen) atoms. The van der Waals surface area contributed by atoms with Gasteiger partial charge in [0.2, 0.25) is 0 Å². The van der Waals surface area contributed by atoms with Crippen LogP contribution in [0.2, 0.25) is 5.02 Å². The Labute approximate surface area is 160 Å². The molecule has 0 radical (unpaired) electrons. The molecule has 1 aliphatic heterocycles. The smallest absolute Gasteiger partial charge is 0.251 e. The molecule has 0 saturated carbocycles. The first kappa shape index (κ1) is 17.4. The topological polar surface area (TPSA) is 78.3 Å². The van der Waals surface area contributed by atoms with Gasteiger partial charge in [0.1, 0.15) is 25.9 Å². The lowest BCUT2D eigenvalue weighted by Gasteiger charge is -2.20. The van der Waals surface area contributed by atoms with Gasteiger partial charge in [-0.25, -0.2) is 9.67 Å². The molecule has 1 aliphatic rings. The lowest BCUT2D eigenvalue weighted by molar-refractivity contribution is 0.0954. The van der Waals surface area contributed by atoms with Crippen LogP contribution in [0.15, 0.2) is 49.1 Å². The van der Waals surface area contributed by atoms with E-state index in [0.29, 0.717) is 48.3 Å². The third-order valence-electron chi connectivity index (χ3n) is 4.17. The fourth-order valence-corrected chi connectivity index (χ4v) is 3.13. The van der Waals surface area contributed by atoms with Crippen molar-refractivity contribution in [1.82, 2.24) is 20.1 Å². The molecule has 138 valence electrons. The summed E-state index contributed by atoms with van der Waals surface area (Å²) in [6, 6.07) is 10.9. The maximum absolute atomic E-state index is 12.3. The van der Waals surface area contributed by atoms with Crippen LogP contribution in [0.3, 0.4) is 0 Å². The normalized spacial score (nSPS) is 12.6. The Morgan fingerprint density at radius 1 is 1.19 bits per heavy atom. The molecule has 1 aromatic heterocycles. The van der Waals surface area contributed by atoms with Crippen LogP contribution < -0.4 is 14.8 Å². The Morgan fingerprint density at radius 2 is 2.00 bits per heavy atom. The summed E-state index contributed by atoms with van der Waals surface area (Å²) in [7, 11) is 0. The summed E-state index contributed by atoms with van der Waals surface area (Å²) >= 11 is 6.24. The number of aromatic nitrogens is 3. The number of carbonyl (C=O) groups is 1. The second-order valence-electron chi connectivity index (χ2n) is 5.99. The van der Waals surface area contributed by atoms with Crippen molar-refractivity contribution in [2.75, 3.05) is 19.8 Å². The predicted octanol–water partition coefficient (Wildman–Crippen LogP) is 2.66. The van der Waals surface area contributed by atoms with Gasteiger partial charge in [0, 0.05) is 12.1 Å². The van der Waals surface area contributed by atoms with E-state index in [4.69, 9.17) is 21.1 Å². The molecule has 1 N–H and O–H groups in total. The quantitative estimate of drug-likeness (QED) is 0.731. The first-order valence-electron chi connectivity index (χ1n) is 8.52. The molecular weight excluding hydrogens is 368 g/mol. The van der Waals surface area contributed by atoms with E-state index < -0.39 is 0 Å². The second kappa shape index (κ2) is 7.67. The zero-order chi connectivity index (χ0) is 18.6. The molecule has 0 fully saturated rings. The number of hydrogen-bond donors (Lipinski definition) is 1. The van der Waals surface area contributed by atoms with Crippen molar-refractivity contribution in [1.29, 1.82) is 0 Å². The molecular formula is C19H17ClN4O3. The summed E-state index contributed by atoms with van der Waals surface area (Å²) in [6.45, 7) is 1.49. The molecule has 0 aliphatic carbocycles. The van der Waals surface area contributed by atoms with Crippen LogP contribution in [0.1, 0.15) is 15.9 Å². The van der Waals surface area contributed by atoms with Crippen LogP contribution in [0.4, 0.5) is 0 Å². The highest BCUT2D eigenvalue weighted by molar-refractivity contribution is 6.32. The first-order chi connectivity index (χ1) is 13.2. The first-order valence-corrected chi connectivity index (χ1v) is 8.90. The molecule has 1 amide bonds. The molecule has 8 heteroatoms. The number of carbonyl (C=O) groups excluding carboxylic acids is 1. The minimum Gasteiger partial charge on any atom is -0.486 e. The predicted molar refractivity (Wildman–Crippen MR) is 99.8 cm³/mol. The minimum atomic E-state index is -0.135. The van der Waals surface area contributed by atoms with Gasteiger partial charge in [0.15, 0.2) is 11.5 Å². The molecule has 3 aromatic rings. The lowest BCUT2D eigenvalue weighted by atomic mass is 10.1. The highest BCUT2D eigenvalue weighted by Crippen LogP contribution is 2.38. The number of fused-ring (bicyclic) bond motifs is 1.